The van der Waals surface area contributed by atoms with Crippen LogP contribution in [0.1, 0.15) is 26.2 Å². The van der Waals surface area contributed by atoms with Gasteiger partial charge >= 0.3 is 18.4 Å². The molecule has 9 heteroatoms. The van der Waals surface area contributed by atoms with Crippen LogP contribution in [0.15, 0.2) is 0 Å². The number of urea groups is 1. The van der Waals surface area contributed by atoms with Crippen LogP contribution in [-0.2, 0) is 25.2 Å². The van der Waals surface area contributed by atoms with Crippen LogP contribution in [0, 0.1) is 0 Å². The molecule has 0 aliphatic carbocycles. The number of alkyl halides is 1. The van der Waals surface area contributed by atoms with Gasteiger partial charge in [0.15, 0.2) is 0 Å². The maximum atomic E-state index is 13.7. The molecule has 7 nitrogen and oxygen atoms in total. The van der Waals surface area contributed by atoms with E-state index in [2.05, 4.69) is 4.74 Å². The molecule has 2 aliphatic rings. The summed E-state index contributed by atoms with van der Waals surface area (Å²) in [6.07, 6.45) is 0.898. The van der Waals surface area contributed by atoms with Gasteiger partial charge in [0.2, 0.25) is 0 Å². The van der Waals surface area contributed by atoms with E-state index in [1.165, 1.54) is 11.2 Å². The summed E-state index contributed by atoms with van der Waals surface area (Å²) in [5, 5.41) is 0.498. The Balaban J connectivity index is 1.97. The van der Waals surface area contributed by atoms with Crippen molar-refractivity contribution in [3.05, 3.63) is 0 Å². The van der Waals surface area contributed by atoms with Crippen molar-refractivity contribution in [2.24, 2.45) is 0 Å². The maximum absolute atomic E-state index is 13.7. The average Bonchev–Trinajstić information content (AvgIpc) is 2.69. The van der Waals surface area contributed by atoms with E-state index in [1.54, 1.807) is 6.92 Å². The predicted molar refractivity (Wildman–Crippen MR) is 72.0 cm³/mol. The number of hydroxylamine groups is 2. The number of ether oxygens (including phenoxy) is 1. The highest BCUT2D eigenvalue weighted by atomic mass is 32.2. The lowest BCUT2D eigenvalue weighted by Crippen LogP contribution is -2.42. The molecule has 2 aliphatic heterocycles. The van der Waals surface area contributed by atoms with Crippen molar-refractivity contribution in [3.63, 3.8) is 0 Å². The summed E-state index contributed by atoms with van der Waals surface area (Å²) in [7, 11) is -1.18. The van der Waals surface area contributed by atoms with Gasteiger partial charge in [0, 0.05) is 23.6 Å². The largest absolute Gasteiger partial charge is 0.462 e. The number of amides is 2. The van der Waals surface area contributed by atoms with Crippen LogP contribution in [0.25, 0.3) is 0 Å². The third kappa shape index (κ3) is 3.34. The molecule has 2 bridgehead atoms. The summed E-state index contributed by atoms with van der Waals surface area (Å²) in [5.74, 6) is -1.14. The van der Waals surface area contributed by atoms with E-state index in [9.17, 15) is 18.2 Å². The van der Waals surface area contributed by atoms with Crippen molar-refractivity contribution in [1.29, 1.82) is 0 Å². The number of nitrogens with zero attached hydrogens (tertiary/aromatic N) is 2. The minimum Gasteiger partial charge on any atom is -0.462 e. The SMILES string of the molecule is CCCOC(=O)[C@@H](F)ON1C(=O)N2C[C@H]1CC[C@H]2[S@@](C)=O. The van der Waals surface area contributed by atoms with Gasteiger partial charge in [0.1, 0.15) is 5.37 Å². The number of fused-ring (bicyclic) bond motifs is 2. The molecule has 0 radical (unpaired) electrons. The Morgan fingerprint density at radius 2 is 2.24 bits per heavy atom. The van der Waals surface area contributed by atoms with Crippen LogP contribution >= 0.6 is 0 Å². The zero-order valence-electron chi connectivity index (χ0n) is 12.0. The maximum Gasteiger partial charge on any atom is 0.371 e. The van der Waals surface area contributed by atoms with Crippen LogP contribution in [0.4, 0.5) is 9.18 Å². The molecule has 0 aromatic rings. The topological polar surface area (TPSA) is 76.2 Å². The van der Waals surface area contributed by atoms with Crippen LogP contribution in [0.3, 0.4) is 0 Å². The Labute approximate surface area is 124 Å². The van der Waals surface area contributed by atoms with Gasteiger partial charge < -0.3 is 9.64 Å². The molecular formula is C12H19FN2O5S. The van der Waals surface area contributed by atoms with Gasteiger partial charge in [-0.25, -0.2) is 18.8 Å². The van der Waals surface area contributed by atoms with Crippen LogP contribution in [0.5, 0.6) is 0 Å². The Bertz CT molecular complexity index is 449. The van der Waals surface area contributed by atoms with E-state index in [1.807, 2.05) is 0 Å². The van der Waals surface area contributed by atoms with E-state index in [0.717, 1.165) is 5.06 Å². The summed E-state index contributed by atoms with van der Waals surface area (Å²) in [6.45, 7) is 2.22. The number of carbonyl (C=O) groups is 2. The summed E-state index contributed by atoms with van der Waals surface area (Å²) in [5.41, 5.74) is 0. The highest BCUT2D eigenvalue weighted by molar-refractivity contribution is 7.84. The van der Waals surface area contributed by atoms with Gasteiger partial charge in [-0.3, -0.25) is 4.21 Å². The second-order valence-electron chi connectivity index (χ2n) is 5.03. The van der Waals surface area contributed by atoms with Gasteiger partial charge in [0.25, 0.3) is 0 Å². The summed E-state index contributed by atoms with van der Waals surface area (Å²) < 4.78 is 29.9. The van der Waals surface area contributed by atoms with Crippen molar-refractivity contribution in [1.82, 2.24) is 9.96 Å². The molecule has 2 fully saturated rings. The van der Waals surface area contributed by atoms with Crippen LogP contribution in [0.2, 0.25) is 0 Å². The Morgan fingerprint density at radius 3 is 2.86 bits per heavy atom. The molecule has 2 saturated heterocycles. The van der Waals surface area contributed by atoms with E-state index >= 15 is 0 Å². The van der Waals surface area contributed by atoms with Crippen molar-refractivity contribution in [2.75, 3.05) is 19.4 Å². The zero-order chi connectivity index (χ0) is 15.6. The summed E-state index contributed by atoms with van der Waals surface area (Å²) in [4.78, 5) is 29.7. The van der Waals surface area contributed by atoms with Gasteiger partial charge in [-0.2, -0.15) is 5.06 Å². The number of carbonyl (C=O) groups excluding carboxylic acids is 2. The van der Waals surface area contributed by atoms with Gasteiger partial charge in [-0.1, -0.05) is 6.92 Å². The Morgan fingerprint density at radius 1 is 1.52 bits per heavy atom. The molecule has 2 rings (SSSR count). The predicted octanol–water partition coefficient (Wildman–Crippen LogP) is 0.771. The third-order valence-corrected chi connectivity index (χ3v) is 4.75. The molecule has 0 spiro atoms. The van der Waals surface area contributed by atoms with Crippen molar-refractivity contribution in [3.8, 4) is 0 Å². The average molecular weight is 322 g/mol. The molecule has 2 heterocycles. The minimum absolute atomic E-state index is 0.100. The molecule has 0 unspecified atom stereocenters. The van der Waals surface area contributed by atoms with Gasteiger partial charge in [0.05, 0.1) is 12.6 Å². The fourth-order valence-electron chi connectivity index (χ4n) is 2.49. The highest BCUT2D eigenvalue weighted by Crippen LogP contribution is 2.31. The van der Waals surface area contributed by atoms with Crippen LogP contribution in [-0.4, -0.2) is 63.4 Å². The third-order valence-electron chi connectivity index (χ3n) is 3.49. The fourth-order valence-corrected chi connectivity index (χ4v) is 3.49. The standard InChI is InChI=1S/C12H19FN2O5S/c1-3-6-19-11(16)10(13)20-15-8-4-5-9(21(2)18)14(7-8)12(15)17/h8-10H,3-7H2,1-2H3/t8-,9-,10+,21-/m1/s1. The Hall–Kier alpha value is -1.22. The molecule has 120 valence electrons. The van der Waals surface area contributed by atoms with Crippen molar-refractivity contribution >= 4 is 22.8 Å². The molecule has 4 atom stereocenters. The van der Waals surface area contributed by atoms with E-state index in [-0.39, 0.29) is 18.0 Å². The summed E-state index contributed by atoms with van der Waals surface area (Å²) >= 11 is 0. The lowest BCUT2D eigenvalue weighted by molar-refractivity contribution is -0.227. The lowest BCUT2D eigenvalue weighted by Gasteiger charge is -2.28. The molecule has 0 saturated carbocycles. The van der Waals surface area contributed by atoms with Crippen molar-refractivity contribution in [2.45, 2.75) is 44.0 Å². The second-order valence-corrected chi connectivity index (χ2v) is 6.58. The number of rotatable bonds is 6. The number of hydrogen-bond donors (Lipinski definition) is 0. The molecular weight excluding hydrogens is 303 g/mol. The van der Waals surface area contributed by atoms with Crippen molar-refractivity contribution < 1.29 is 27.8 Å². The fraction of sp³-hybridized carbons (Fsp3) is 0.833. The van der Waals surface area contributed by atoms with Gasteiger partial charge in [-0.05, 0) is 19.3 Å². The molecule has 0 aromatic carbocycles. The summed E-state index contributed by atoms with van der Waals surface area (Å²) in [6, 6.07) is -0.877. The van der Waals surface area contributed by atoms with Gasteiger partial charge in [-0.15, -0.1) is 0 Å². The molecule has 21 heavy (non-hydrogen) atoms. The van der Waals surface area contributed by atoms with E-state index in [4.69, 9.17) is 4.84 Å². The number of hydrogen-bond acceptors (Lipinski definition) is 5. The van der Waals surface area contributed by atoms with Crippen LogP contribution < -0.4 is 0 Å². The Kier molecular flexibility index (Phi) is 5.15. The van der Waals surface area contributed by atoms with E-state index < -0.39 is 29.2 Å². The first-order valence-corrected chi connectivity index (χ1v) is 8.47. The lowest BCUT2D eigenvalue weighted by atomic mass is 10.1. The minimum atomic E-state index is -2.33. The molecule has 0 aromatic heterocycles. The number of esters is 1. The smallest absolute Gasteiger partial charge is 0.371 e. The number of piperidine rings is 1. The number of halogens is 1. The second kappa shape index (κ2) is 6.69. The first-order chi connectivity index (χ1) is 9.95. The monoisotopic (exact) mass is 322 g/mol. The quantitative estimate of drug-likeness (QED) is 0.675. The first-order valence-electron chi connectivity index (χ1n) is 6.85. The zero-order valence-corrected chi connectivity index (χ0v) is 12.8. The van der Waals surface area contributed by atoms with E-state index in [0.29, 0.717) is 25.8 Å². The molecule has 2 amide bonds. The highest BCUT2D eigenvalue weighted by Gasteiger charge is 2.48. The normalized spacial score (nSPS) is 27.7. The first kappa shape index (κ1) is 16.2. The molecule has 0 N–H and O–H groups in total.